The molecule has 1 heterocycles. The molecule has 0 saturated carbocycles. The first-order chi connectivity index (χ1) is 15.7. The lowest BCUT2D eigenvalue weighted by molar-refractivity contribution is -0.384. The largest absolute Gasteiger partial charge is 0.480 e. The van der Waals surface area contributed by atoms with Gasteiger partial charge in [-0.1, -0.05) is 37.1 Å². The molecule has 33 heavy (non-hydrogen) atoms. The lowest BCUT2D eigenvalue weighted by Gasteiger charge is -2.22. The molecule has 1 atom stereocenters. The van der Waals surface area contributed by atoms with Gasteiger partial charge in [0.05, 0.1) is 15.4 Å². The summed E-state index contributed by atoms with van der Waals surface area (Å²) in [5.74, 6) is -1.81. The van der Waals surface area contributed by atoms with E-state index < -0.39 is 32.9 Å². The second-order valence-electron chi connectivity index (χ2n) is 7.84. The van der Waals surface area contributed by atoms with Gasteiger partial charge in [-0.25, -0.2) is 8.42 Å². The summed E-state index contributed by atoms with van der Waals surface area (Å²) in [5.41, 5.74) is 0.239. The van der Waals surface area contributed by atoms with E-state index in [0.717, 1.165) is 25.7 Å². The summed E-state index contributed by atoms with van der Waals surface area (Å²) in [4.78, 5) is 36.4. The number of carboxylic acids is 1. The number of nitrogens with zero attached hydrogens (tertiary/aromatic N) is 2. The molecule has 11 heteroatoms. The van der Waals surface area contributed by atoms with Gasteiger partial charge in [-0.3, -0.25) is 19.7 Å². The van der Waals surface area contributed by atoms with E-state index in [9.17, 15) is 33.2 Å². The van der Waals surface area contributed by atoms with Crippen LogP contribution in [0.5, 0.6) is 0 Å². The van der Waals surface area contributed by atoms with Gasteiger partial charge >= 0.3 is 5.97 Å². The minimum absolute atomic E-state index is 0.00799. The standard InChI is InChI=1S/C22H25N3O7S/c26-21(24-13-5-1-2-6-14-24)18-7-3-4-8-20(18)33(31,32)23-19(22(27)28)15-16-9-11-17(12-10-16)25(29)30/h3-4,7-12,19,23H,1-2,5-6,13-15H2,(H,27,28)/t19-/m1/s1. The van der Waals surface area contributed by atoms with Crippen molar-refractivity contribution >= 4 is 27.6 Å². The zero-order valence-electron chi connectivity index (χ0n) is 17.8. The third kappa shape index (κ3) is 6.14. The number of likely N-dealkylation sites (tertiary alicyclic amines) is 1. The maximum atomic E-state index is 13.1. The van der Waals surface area contributed by atoms with Crippen LogP contribution in [0.25, 0.3) is 0 Å². The number of hydrogen-bond donors (Lipinski definition) is 2. The van der Waals surface area contributed by atoms with Crippen LogP contribution in [0, 0.1) is 10.1 Å². The van der Waals surface area contributed by atoms with Crippen molar-refractivity contribution in [3.63, 3.8) is 0 Å². The number of non-ortho nitro benzene ring substituents is 1. The molecule has 0 aromatic heterocycles. The van der Waals surface area contributed by atoms with Crippen molar-refractivity contribution in [2.24, 2.45) is 0 Å². The molecular weight excluding hydrogens is 450 g/mol. The van der Waals surface area contributed by atoms with Gasteiger partial charge in [-0.05, 0) is 37.0 Å². The molecule has 2 N–H and O–H groups in total. The third-order valence-electron chi connectivity index (χ3n) is 5.48. The molecule has 1 fully saturated rings. The van der Waals surface area contributed by atoms with Crippen LogP contribution in [0.3, 0.4) is 0 Å². The van der Waals surface area contributed by atoms with Crippen molar-refractivity contribution in [1.29, 1.82) is 0 Å². The first-order valence-electron chi connectivity index (χ1n) is 10.6. The molecule has 0 radical (unpaired) electrons. The van der Waals surface area contributed by atoms with Crippen LogP contribution in [0.2, 0.25) is 0 Å². The second-order valence-corrected chi connectivity index (χ2v) is 9.52. The Bertz CT molecular complexity index is 1120. The Morgan fingerprint density at radius 3 is 2.21 bits per heavy atom. The summed E-state index contributed by atoms with van der Waals surface area (Å²) < 4.78 is 28.4. The van der Waals surface area contributed by atoms with Crippen LogP contribution >= 0.6 is 0 Å². The molecule has 0 unspecified atom stereocenters. The number of sulfonamides is 1. The molecule has 1 aliphatic rings. The molecule has 10 nitrogen and oxygen atoms in total. The van der Waals surface area contributed by atoms with Gasteiger partial charge in [-0.15, -0.1) is 0 Å². The minimum Gasteiger partial charge on any atom is -0.480 e. The normalized spacial score (nSPS) is 15.5. The smallest absolute Gasteiger partial charge is 0.322 e. The number of nitro benzene ring substituents is 1. The van der Waals surface area contributed by atoms with Crippen molar-refractivity contribution in [2.45, 2.75) is 43.0 Å². The fourth-order valence-electron chi connectivity index (χ4n) is 3.74. The molecule has 2 aromatic carbocycles. The zero-order valence-corrected chi connectivity index (χ0v) is 18.7. The van der Waals surface area contributed by atoms with Gasteiger partial charge in [0.15, 0.2) is 0 Å². The molecule has 1 amide bonds. The topological polar surface area (TPSA) is 147 Å². The van der Waals surface area contributed by atoms with Crippen molar-refractivity contribution in [2.75, 3.05) is 13.1 Å². The van der Waals surface area contributed by atoms with Gasteiger partial charge in [0, 0.05) is 25.2 Å². The van der Waals surface area contributed by atoms with E-state index in [1.807, 2.05) is 0 Å². The van der Waals surface area contributed by atoms with Crippen molar-refractivity contribution < 1.29 is 28.0 Å². The minimum atomic E-state index is -4.36. The Kier molecular flexibility index (Phi) is 7.77. The number of carbonyl (C=O) groups is 2. The molecule has 3 rings (SSSR count). The number of rotatable bonds is 8. The van der Waals surface area contributed by atoms with Crippen molar-refractivity contribution in [3.05, 3.63) is 69.8 Å². The Morgan fingerprint density at radius 2 is 1.64 bits per heavy atom. The number of carbonyl (C=O) groups excluding carboxylic acids is 1. The number of aliphatic carboxylic acids is 1. The van der Waals surface area contributed by atoms with E-state index in [-0.39, 0.29) is 22.6 Å². The molecule has 0 aliphatic carbocycles. The SMILES string of the molecule is O=C(O)[C@@H](Cc1ccc([N+](=O)[O-])cc1)NS(=O)(=O)c1ccccc1C(=O)N1CCCCCC1. The summed E-state index contributed by atoms with van der Waals surface area (Å²) >= 11 is 0. The number of hydrogen-bond acceptors (Lipinski definition) is 6. The zero-order chi connectivity index (χ0) is 24.0. The predicted octanol–water partition coefficient (Wildman–Crippen LogP) is 2.59. The fraction of sp³-hybridized carbons (Fsp3) is 0.364. The first-order valence-corrected chi connectivity index (χ1v) is 12.0. The van der Waals surface area contributed by atoms with E-state index in [4.69, 9.17) is 0 Å². The highest BCUT2D eigenvalue weighted by atomic mass is 32.2. The summed E-state index contributed by atoms with van der Waals surface area (Å²) in [6.07, 6.45) is 3.47. The lowest BCUT2D eigenvalue weighted by atomic mass is 10.1. The van der Waals surface area contributed by atoms with Crippen LogP contribution in [0.4, 0.5) is 5.69 Å². The Labute approximate surface area is 191 Å². The van der Waals surface area contributed by atoms with Crippen LogP contribution < -0.4 is 4.72 Å². The number of nitrogens with one attached hydrogen (secondary N) is 1. The van der Waals surface area contributed by atoms with E-state index in [0.29, 0.717) is 18.7 Å². The molecule has 0 spiro atoms. The van der Waals surface area contributed by atoms with Gasteiger partial charge in [-0.2, -0.15) is 4.72 Å². The van der Waals surface area contributed by atoms with E-state index in [2.05, 4.69) is 4.72 Å². The van der Waals surface area contributed by atoms with Crippen LogP contribution in [0.1, 0.15) is 41.6 Å². The number of amides is 1. The molecule has 176 valence electrons. The molecule has 1 aliphatic heterocycles. The lowest BCUT2D eigenvalue weighted by Crippen LogP contribution is -2.43. The third-order valence-corrected chi connectivity index (χ3v) is 7.01. The van der Waals surface area contributed by atoms with E-state index in [1.54, 1.807) is 11.0 Å². The predicted molar refractivity (Wildman–Crippen MR) is 119 cm³/mol. The monoisotopic (exact) mass is 475 g/mol. The van der Waals surface area contributed by atoms with Crippen molar-refractivity contribution in [1.82, 2.24) is 9.62 Å². The summed E-state index contributed by atoms with van der Waals surface area (Å²) in [6, 6.07) is 9.40. The maximum absolute atomic E-state index is 13.1. The highest BCUT2D eigenvalue weighted by Gasteiger charge is 2.30. The quantitative estimate of drug-likeness (QED) is 0.440. The van der Waals surface area contributed by atoms with Gasteiger partial charge in [0.1, 0.15) is 6.04 Å². The summed E-state index contributed by atoms with van der Waals surface area (Å²) in [5, 5.41) is 20.4. The molecule has 2 aromatic rings. The second kappa shape index (κ2) is 10.5. The van der Waals surface area contributed by atoms with Crippen molar-refractivity contribution in [3.8, 4) is 0 Å². The summed E-state index contributed by atoms with van der Waals surface area (Å²) in [7, 11) is -4.36. The molecular formula is C22H25N3O7S. The Hall–Kier alpha value is -3.31. The Balaban J connectivity index is 1.84. The highest BCUT2D eigenvalue weighted by Crippen LogP contribution is 2.21. The number of carboxylic acid groups (broad SMARTS) is 1. The van der Waals surface area contributed by atoms with Crippen LogP contribution in [-0.2, 0) is 21.2 Å². The molecule has 1 saturated heterocycles. The van der Waals surface area contributed by atoms with Gasteiger partial charge in [0.25, 0.3) is 11.6 Å². The number of nitro groups is 1. The fourth-order valence-corrected chi connectivity index (χ4v) is 5.13. The first kappa shape index (κ1) is 24.3. The summed E-state index contributed by atoms with van der Waals surface area (Å²) in [6.45, 7) is 1.08. The maximum Gasteiger partial charge on any atom is 0.322 e. The number of benzene rings is 2. The van der Waals surface area contributed by atoms with E-state index in [1.165, 1.54) is 42.5 Å². The van der Waals surface area contributed by atoms with Crippen LogP contribution in [-0.4, -0.2) is 54.4 Å². The van der Waals surface area contributed by atoms with Crippen LogP contribution in [0.15, 0.2) is 53.4 Å². The van der Waals surface area contributed by atoms with E-state index >= 15 is 0 Å². The van der Waals surface area contributed by atoms with Gasteiger partial charge in [0.2, 0.25) is 10.0 Å². The van der Waals surface area contributed by atoms with Gasteiger partial charge < -0.3 is 10.0 Å². The average Bonchev–Trinajstić information content (AvgIpc) is 3.08. The molecule has 0 bridgehead atoms. The Morgan fingerprint density at radius 1 is 1.03 bits per heavy atom. The highest BCUT2D eigenvalue weighted by molar-refractivity contribution is 7.89. The average molecular weight is 476 g/mol.